The van der Waals surface area contributed by atoms with E-state index in [1.165, 1.54) is 0 Å². The number of carbonyl (C=O) groups excluding carboxylic acids is 2. The minimum Gasteiger partial charge on any atom is -0.301 e. The van der Waals surface area contributed by atoms with Crippen LogP contribution in [0.1, 0.15) is 38.5 Å². The normalized spacial score (nSPS) is 9.57. The van der Waals surface area contributed by atoms with Crippen molar-refractivity contribution in [1.29, 1.82) is 0 Å². The van der Waals surface area contributed by atoms with Crippen molar-refractivity contribution in [2.75, 3.05) is 0 Å². The molecule has 0 aliphatic heterocycles. The average Bonchev–Trinajstić information content (AvgIpc) is 2.22. The zero-order valence-electron chi connectivity index (χ0n) is 7.77. The van der Waals surface area contributed by atoms with E-state index in [4.69, 9.17) is 10.5 Å². The van der Waals surface area contributed by atoms with Crippen molar-refractivity contribution in [3.05, 3.63) is 0 Å². The topological polar surface area (TPSA) is 93.1 Å². The summed E-state index contributed by atoms with van der Waals surface area (Å²) in [6.45, 7) is 0. The Kier molecular flexibility index (Phi) is 7.77. The monoisotopic (exact) mass is 206 g/mol. The van der Waals surface area contributed by atoms with Gasteiger partial charge in [0.05, 0.1) is 0 Å². The van der Waals surface area contributed by atoms with Crippen LogP contribution in [0.25, 0.3) is 0 Å². The van der Waals surface area contributed by atoms with Gasteiger partial charge in [-0.15, -0.1) is 0 Å². The van der Waals surface area contributed by atoms with Crippen LogP contribution < -0.4 is 0 Å². The van der Waals surface area contributed by atoms with Gasteiger partial charge in [0.15, 0.2) is 0 Å². The van der Waals surface area contributed by atoms with Crippen molar-refractivity contribution < 1.29 is 29.9 Å². The molecular weight excluding hydrogens is 192 g/mol. The smallest absolute Gasteiger partial charge is 0.301 e. The van der Waals surface area contributed by atoms with Crippen LogP contribution in [0.4, 0.5) is 0 Å². The van der Waals surface area contributed by atoms with Crippen LogP contribution in [-0.2, 0) is 19.4 Å². The molecule has 0 atom stereocenters. The number of rotatable bonds is 7. The Hall–Kier alpha value is -1.14. The van der Waals surface area contributed by atoms with Crippen molar-refractivity contribution in [2.45, 2.75) is 38.5 Å². The summed E-state index contributed by atoms with van der Waals surface area (Å²) in [5.74, 6) is -1.31. The van der Waals surface area contributed by atoms with E-state index in [-0.39, 0.29) is 12.8 Å². The maximum Gasteiger partial charge on any atom is 0.342 e. The molecule has 2 N–H and O–H groups in total. The minimum atomic E-state index is -0.653. The van der Waals surface area contributed by atoms with E-state index in [0.717, 1.165) is 12.8 Å². The second kappa shape index (κ2) is 8.46. The number of hydrogen-bond acceptors (Lipinski definition) is 6. The molecule has 0 aliphatic carbocycles. The summed E-state index contributed by atoms with van der Waals surface area (Å²) in [5.41, 5.74) is 0. The highest BCUT2D eigenvalue weighted by Gasteiger charge is 2.03. The van der Waals surface area contributed by atoms with E-state index >= 15 is 0 Å². The molecule has 6 heteroatoms. The van der Waals surface area contributed by atoms with Crippen LogP contribution in [0.15, 0.2) is 0 Å². The lowest BCUT2D eigenvalue weighted by Crippen LogP contribution is -2.01. The van der Waals surface area contributed by atoms with Crippen molar-refractivity contribution in [3.8, 4) is 0 Å². The number of hydrogen-bond donors (Lipinski definition) is 2. The van der Waals surface area contributed by atoms with Gasteiger partial charge in [-0.2, -0.15) is 10.5 Å². The van der Waals surface area contributed by atoms with E-state index in [1.54, 1.807) is 0 Å². The highest BCUT2D eigenvalue weighted by Crippen LogP contribution is 2.06. The molecule has 0 aromatic heterocycles. The maximum absolute atomic E-state index is 10.4. The third kappa shape index (κ3) is 7.51. The lowest BCUT2D eigenvalue weighted by atomic mass is 10.1. The van der Waals surface area contributed by atoms with Crippen LogP contribution in [-0.4, -0.2) is 22.5 Å². The van der Waals surface area contributed by atoms with Crippen LogP contribution >= 0.6 is 0 Å². The van der Waals surface area contributed by atoms with E-state index < -0.39 is 11.9 Å². The summed E-state index contributed by atoms with van der Waals surface area (Å²) in [5, 5.41) is 15.8. The Balaban J connectivity index is 3.14. The van der Waals surface area contributed by atoms with Gasteiger partial charge in [0.1, 0.15) is 0 Å². The molecule has 0 fully saturated rings. The van der Waals surface area contributed by atoms with Gasteiger partial charge in [0.25, 0.3) is 0 Å². The minimum absolute atomic E-state index is 0.168. The molecule has 0 saturated carbocycles. The van der Waals surface area contributed by atoms with Crippen molar-refractivity contribution in [1.82, 2.24) is 0 Å². The third-order valence-corrected chi connectivity index (χ3v) is 1.72. The molecule has 0 saturated heterocycles. The molecule has 0 unspecified atom stereocenters. The van der Waals surface area contributed by atoms with Gasteiger partial charge in [-0.3, -0.25) is 0 Å². The van der Waals surface area contributed by atoms with Gasteiger partial charge in [-0.25, -0.2) is 9.59 Å². The van der Waals surface area contributed by atoms with E-state index in [1.807, 2.05) is 0 Å². The van der Waals surface area contributed by atoms with Crippen molar-refractivity contribution in [3.63, 3.8) is 0 Å². The zero-order chi connectivity index (χ0) is 10.8. The summed E-state index contributed by atoms with van der Waals surface area (Å²) in [7, 11) is 0. The van der Waals surface area contributed by atoms with Crippen LogP contribution in [0.2, 0.25) is 0 Å². The molecule has 0 aromatic carbocycles. The number of unbranched alkanes of at least 4 members (excludes halogenated alkanes) is 3. The fraction of sp³-hybridized carbons (Fsp3) is 0.750. The largest absolute Gasteiger partial charge is 0.342 e. The van der Waals surface area contributed by atoms with E-state index in [2.05, 4.69) is 9.78 Å². The summed E-state index contributed by atoms with van der Waals surface area (Å²) in [6, 6.07) is 0. The van der Waals surface area contributed by atoms with Crippen LogP contribution in [0.5, 0.6) is 0 Å². The Labute approximate surface area is 81.3 Å². The lowest BCUT2D eigenvalue weighted by Gasteiger charge is -1.98. The van der Waals surface area contributed by atoms with Gasteiger partial charge in [0, 0.05) is 12.8 Å². The highest BCUT2D eigenvalue weighted by molar-refractivity contribution is 5.68. The molecule has 0 amide bonds. The van der Waals surface area contributed by atoms with Gasteiger partial charge in [0.2, 0.25) is 0 Å². The van der Waals surface area contributed by atoms with Gasteiger partial charge >= 0.3 is 11.9 Å². The molecule has 0 spiro atoms. The molecule has 0 bridgehead atoms. The standard InChI is InChI=1S/C8H14O6/c9-7(13-11)5-3-1-2-4-6-8(10)14-12/h11-12H,1-6H2. The molecule has 82 valence electrons. The Morgan fingerprint density at radius 1 is 0.786 bits per heavy atom. The molecule has 0 aromatic rings. The van der Waals surface area contributed by atoms with Gasteiger partial charge in [-0.05, 0) is 12.8 Å². The maximum atomic E-state index is 10.4. The van der Waals surface area contributed by atoms with Gasteiger partial charge < -0.3 is 9.78 Å². The van der Waals surface area contributed by atoms with E-state index in [9.17, 15) is 9.59 Å². The molecule has 0 radical (unpaired) electrons. The second-order valence-corrected chi connectivity index (χ2v) is 2.84. The fourth-order valence-electron chi connectivity index (χ4n) is 0.984. The second-order valence-electron chi connectivity index (χ2n) is 2.84. The van der Waals surface area contributed by atoms with Crippen molar-refractivity contribution >= 4 is 11.9 Å². The Bertz CT molecular complexity index is 159. The predicted molar refractivity (Wildman–Crippen MR) is 45.1 cm³/mol. The Morgan fingerprint density at radius 3 is 1.43 bits per heavy atom. The van der Waals surface area contributed by atoms with E-state index in [0.29, 0.717) is 12.8 Å². The Morgan fingerprint density at radius 2 is 1.14 bits per heavy atom. The summed E-state index contributed by atoms with van der Waals surface area (Å²) >= 11 is 0. The fourth-order valence-corrected chi connectivity index (χ4v) is 0.984. The first-order valence-corrected chi connectivity index (χ1v) is 4.39. The summed E-state index contributed by atoms with van der Waals surface area (Å²) in [6.07, 6.45) is 3.06. The first-order chi connectivity index (χ1) is 6.70. The SMILES string of the molecule is O=C(CCCCCCC(=O)OO)OO. The van der Waals surface area contributed by atoms with Crippen LogP contribution in [0.3, 0.4) is 0 Å². The number of carbonyl (C=O) groups is 2. The first kappa shape index (κ1) is 12.9. The average molecular weight is 206 g/mol. The molecule has 6 nitrogen and oxygen atoms in total. The molecule has 0 heterocycles. The van der Waals surface area contributed by atoms with Crippen LogP contribution in [0, 0.1) is 0 Å². The predicted octanol–water partition coefficient (Wildman–Crippen LogP) is 1.36. The highest BCUT2D eigenvalue weighted by atomic mass is 17.1. The summed E-state index contributed by atoms with van der Waals surface area (Å²) in [4.78, 5) is 27.8. The summed E-state index contributed by atoms with van der Waals surface area (Å²) < 4.78 is 0. The zero-order valence-corrected chi connectivity index (χ0v) is 7.77. The molecule has 14 heavy (non-hydrogen) atoms. The molecule has 0 aliphatic rings. The lowest BCUT2D eigenvalue weighted by molar-refractivity contribution is -0.234. The molecule has 0 rings (SSSR count). The first-order valence-electron chi connectivity index (χ1n) is 4.39. The van der Waals surface area contributed by atoms with Crippen molar-refractivity contribution in [2.24, 2.45) is 0 Å². The quantitative estimate of drug-likeness (QED) is 0.371. The third-order valence-electron chi connectivity index (χ3n) is 1.72. The molecular formula is C8H14O6. The van der Waals surface area contributed by atoms with Gasteiger partial charge in [-0.1, -0.05) is 12.8 Å².